The Labute approximate surface area is 107 Å². The van der Waals surface area contributed by atoms with E-state index in [1.807, 2.05) is 12.3 Å². The summed E-state index contributed by atoms with van der Waals surface area (Å²) >= 11 is 1.59. The van der Waals surface area contributed by atoms with Crippen LogP contribution in [-0.4, -0.2) is 23.5 Å². The van der Waals surface area contributed by atoms with Gasteiger partial charge in [-0.05, 0) is 19.8 Å². The number of nitrogens with zero attached hydrogens (tertiary/aromatic N) is 1. The van der Waals surface area contributed by atoms with Crippen molar-refractivity contribution in [2.24, 2.45) is 0 Å². The van der Waals surface area contributed by atoms with Crippen LogP contribution in [0.5, 0.6) is 0 Å². The van der Waals surface area contributed by atoms with Crippen LogP contribution in [0.3, 0.4) is 0 Å². The molecule has 96 valence electrons. The molecule has 0 spiro atoms. The Morgan fingerprint density at radius 1 is 1.53 bits per heavy atom. The van der Waals surface area contributed by atoms with Crippen LogP contribution in [-0.2, 0) is 11.2 Å². The quantitative estimate of drug-likeness (QED) is 0.786. The van der Waals surface area contributed by atoms with Gasteiger partial charge < -0.3 is 10.6 Å². The number of hydrogen-bond donors (Lipinski definition) is 2. The zero-order chi connectivity index (χ0) is 12.7. The molecule has 0 saturated carbocycles. The van der Waals surface area contributed by atoms with Gasteiger partial charge in [-0.3, -0.25) is 4.79 Å². The van der Waals surface area contributed by atoms with Gasteiger partial charge in [-0.2, -0.15) is 0 Å². The van der Waals surface area contributed by atoms with Crippen LogP contribution in [0.2, 0.25) is 0 Å². The number of rotatable bonds is 7. The predicted octanol–water partition coefficient (Wildman–Crippen LogP) is 2.42. The molecule has 0 aliphatic carbocycles. The smallest absolute Gasteiger partial charge is 0.221 e. The maximum absolute atomic E-state index is 11.5. The molecule has 0 radical (unpaired) electrons. The number of hydrogen-bond acceptors (Lipinski definition) is 4. The van der Waals surface area contributed by atoms with Crippen molar-refractivity contribution in [3.05, 3.63) is 11.1 Å². The number of aryl methyl sites for hydroxylation is 1. The molecule has 1 rings (SSSR count). The van der Waals surface area contributed by atoms with Gasteiger partial charge in [0.15, 0.2) is 5.13 Å². The normalized spacial score (nSPS) is 12.2. The zero-order valence-electron chi connectivity index (χ0n) is 10.7. The number of anilines is 1. The Hall–Kier alpha value is -1.10. The van der Waals surface area contributed by atoms with Gasteiger partial charge in [-0.15, -0.1) is 11.3 Å². The lowest BCUT2D eigenvalue weighted by Gasteiger charge is -2.11. The highest BCUT2D eigenvalue weighted by molar-refractivity contribution is 7.13. The fourth-order valence-corrected chi connectivity index (χ4v) is 2.10. The summed E-state index contributed by atoms with van der Waals surface area (Å²) in [6, 6.07) is 0.258. The molecule has 2 N–H and O–H groups in total. The van der Waals surface area contributed by atoms with Gasteiger partial charge in [0.1, 0.15) is 0 Å². The van der Waals surface area contributed by atoms with E-state index in [4.69, 9.17) is 0 Å². The Balaban J connectivity index is 2.21. The molecule has 0 fully saturated rings. The van der Waals surface area contributed by atoms with Crippen LogP contribution in [0.25, 0.3) is 0 Å². The lowest BCUT2D eigenvalue weighted by molar-refractivity contribution is -0.121. The number of carbonyl (C=O) groups is 1. The molecule has 1 aromatic rings. The first-order valence-corrected chi connectivity index (χ1v) is 7.01. The maximum atomic E-state index is 11.5. The number of carbonyl (C=O) groups excluding carboxylic acids is 1. The van der Waals surface area contributed by atoms with Crippen LogP contribution in [0.4, 0.5) is 5.13 Å². The average Bonchev–Trinajstić information content (AvgIpc) is 2.76. The van der Waals surface area contributed by atoms with Gasteiger partial charge in [-0.1, -0.05) is 13.8 Å². The van der Waals surface area contributed by atoms with Gasteiger partial charge in [0, 0.05) is 24.4 Å². The van der Waals surface area contributed by atoms with E-state index in [-0.39, 0.29) is 11.9 Å². The van der Waals surface area contributed by atoms with Crippen molar-refractivity contribution in [3.8, 4) is 0 Å². The lowest BCUT2D eigenvalue weighted by atomic mass is 10.2. The number of amides is 1. The molecular weight excluding hydrogens is 234 g/mol. The number of nitrogens with one attached hydrogen (secondary N) is 2. The highest BCUT2D eigenvalue weighted by Crippen LogP contribution is 2.15. The van der Waals surface area contributed by atoms with Crippen molar-refractivity contribution >= 4 is 22.4 Å². The Morgan fingerprint density at radius 2 is 2.29 bits per heavy atom. The van der Waals surface area contributed by atoms with Crippen molar-refractivity contribution in [1.29, 1.82) is 0 Å². The second kappa shape index (κ2) is 7.27. The van der Waals surface area contributed by atoms with Gasteiger partial charge >= 0.3 is 0 Å². The molecule has 17 heavy (non-hydrogen) atoms. The summed E-state index contributed by atoms with van der Waals surface area (Å²) in [4.78, 5) is 15.9. The highest BCUT2D eigenvalue weighted by atomic mass is 32.1. The summed E-state index contributed by atoms with van der Waals surface area (Å²) in [5.41, 5.74) is 1.10. The highest BCUT2D eigenvalue weighted by Gasteiger charge is 2.05. The van der Waals surface area contributed by atoms with Gasteiger partial charge in [0.2, 0.25) is 5.91 Å². The molecular formula is C12H21N3OS. The number of thiazole rings is 1. The van der Waals surface area contributed by atoms with Crippen molar-refractivity contribution in [2.45, 2.75) is 46.1 Å². The van der Waals surface area contributed by atoms with E-state index < -0.39 is 0 Å². The molecule has 1 heterocycles. The first-order chi connectivity index (χ1) is 8.15. The molecule has 4 nitrogen and oxygen atoms in total. The monoisotopic (exact) mass is 255 g/mol. The summed E-state index contributed by atoms with van der Waals surface area (Å²) in [6.07, 6.45) is 2.41. The van der Waals surface area contributed by atoms with Crippen molar-refractivity contribution in [1.82, 2.24) is 10.3 Å². The average molecular weight is 255 g/mol. The van der Waals surface area contributed by atoms with Crippen LogP contribution in [0.15, 0.2) is 5.38 Å². The van der Waals surface area contributed by atoms with E-state index >= 15 is 0 Å². The minimum atomic E-state index is 0.0964. The molecule has 0 saturated heterocycles. The third-order valence-corrected chi connectivity index (χ3v) is 3.41. The van der Waals surface area contributed by atoms with Crippen molar-refractivity contribution < 1.29 is 4.79 Å². The first-order valence-electron chi connectivity index (χ1n) is 6.13. The Kier molecular flexibility index (Phi) is 5.97. The second-order valence-corrected chi connectivity index (χ2v) is 4.91. The summed E-state index contributed by atoms with van der Waals surface area (Å²) in [5.74, 6) is 0.0964. The molecule has 1 atom stereocenters. The van der Waals surface area contributed by atoms with Crippen LogP contribution in [0.1, 0.15) is 39.3 Å². The topological polar surface area (TPSA) is 54.0 Å². The van der Waals surface area contributed by atoms with E-state index in [0.29, 0.717) is 13.0 Å². The van der Waals surface area contributed by atoms with E-state index in [0.717, 1.165) is 23.7 Å². The van der Waals surface area contributed by atoms with Crippen LogP contribution < -0.4 is 10.6 Å². The molecule has 0 bridgehead atoms. The van der Waals surface area contributed by atoms with E-state index in [9.17, 15) is 4.79 Å². The molecule has 0 aliphatic heterocycles. The van der Waals surface area contributed by atoms with E-state index in [1.54, 1.807) is 11.3 Å². The van der Waals surface area contributed by atoms with Gasteiger partial charge in [0.25, 0.3) is 0 Å². The molecule has 5 heteroatoms. The largest absolute Gasteiger partial charge is 0.361 e. The predicted molar refractivity (Wildman–Crippen MR) is 72.5 cm³/mol. The fourth-order valence-electron chi connectivity index (χ4n) is 1.28. The maximum Gasteiger partial charge on any atom is 0.221 e. The van der Waals surface area contributed by atoms with E-state index in [2.05, 4.69) is 29.5 Å². The van der Waals surface area contributed by atoms with Crippen LogP contribution >= 0.6 is 11.3 Å². The van der Waals surface area contributed by atoms with Crippen LogP contribution in [0, 0.1) is 0 Å². The first kappa shape index (κ1) is 14.0. The Morgan fingerprint density at radius 3 is 2.88 bits per heavy atom. The molecule has 0 aliphatic rings. The third-order valence-electron chi connectivity index (χ3n) is 2.56. The molecule has 1 aromatic heterocycles. The van der Waals surface area contributed by atoms with Crippen molar-refractivity contribution in [2.75, 3.05) is 11.9 Å². The molecule has 1 amide bonds. The van der Waals surface area contributed by atoms with E-state index in [1.165, 1.54) is 0 Å². The number of aromatic nitrogens is 1. The lowest BCUT2D eigenvalue weighted by Crippen LogP contribution is -2.32. The van der Waals surface area contributed by atoms with Crippen molar-refractivity contribution in [3.63, 3.8) is 0 Å². The SMILES string of the molecule is CCc1csc(NCCC(=O)NC(C)CC)n1. The summed E-state index contributed by atoms with van der Waals surface area (Å²) in [6.45, 7) is 6.79. The standard InChI is InChI=1S/C12H21N3OS/c1-4-9(3)14-11(16)6-7-13-12-15-10(5-2)8-17-12/h8-9H,4-7H2,1-3H3,(H,13,15)(H,14,16). The zero-order valence-corrected chi connectivity index (χ0v) is 11.6. The second-order valence-electron chi connectivity index (χ2n) is 4.05. The minimum absolute atomic E-state index is 0.0964. The minimum Gasteiger partial charge on any atom is -0.361 e. The summed E-state index contributed by atoms with van der Waals surface area (Å²) in [7, 11) is 0. The van der Waals surface area contributed by atoms with Gasteiger partial charge in [-0.25, -0.2) is 4.98 Å². The fraction of sp³-hybridized carbons (Fsp3) is 0.667. The summed E-state index contributed by atoms with van der Waals surface area (Å²) in [5, 5.41) is 9.05. The summed E-state index contributed by atoms with van der Waals surface area (Å²) < 4.78 is 0. The van der Waals surface area contributed by atoms with Gasteiger partial charge in [0.05, 0.1) is 5.69 Å². The molecule has 0 aromatic carbocycles. The Bertz CT molecular complexity index is 351. The third kappa shape index (κ3) is 5.17. The molecule has 1 unspecified atom stereocenters.